The van der Waals surface area contributed by atoms with Crippen molar-refractivity contribution in [3.05, 3.63) is 52.7 Å². The van der Waals surface area contributed by atoms with Crippen molar-refractivity contribution in [1.29, 1.82) is 0 Å². The molecule has 1 aliphatic rings. The predicted molar refractivity (Wildman–Crippen MR) is 100 cm³/mol. The van der Waals surface area contributed by atoms with Gasteiger partial charge in [0.15, 0.2) is 5.78 Å². The number of hydrogen-bond acceptors (Lipinski definition) is 2. The Morgan fingerprint density at radius 2 is 2.12 bits per heavy atom. The number of fused-ring (bicyclic) bond motifs is 3. The molecular formula is C21H25N3O. The monoisotopic (exact) mass is 342 g/mol. The summed E-state index contributed by atoms with van der Waals surface area (Å²) in [4.78, 5) is 17.9. The third-order valence-electron chi connectivity index (χ3n) is 4.81. The van der Waals surface area contributed by atoms with Crippen LogP contribution >= 0.6 is 0 Å². The minimum atomic E-state index is -3.20. The van der Waals surface area contributed by atoms with Crippen molar-refractivity contribution < 1.29 is 14.4 Å². The Hall–Kier alpha value is -2.36. The molecule has 2 aromatic heterocycles. The molecule has 25 heavy (non-hydrogen) atoms. The summed E-state index contributed by atoms with van der Waals surface area (Å²) >= 11 is 0. The smallest absolute Gasteiger partial charge is 0.170 e. The van der Waals surface area contributed by atoms with Gasteiger partial charge in [-0.3, -0.25) is 4.79 Å². The molecule has 2 heterocycles. The van der Waals surface area contributed by atoms with Gasteiger partial charge in [-0.1, -0.05) is 0 Å². The normalized spacial score (nSPS) is 29.0. The number of rotatable bonds is 3. The van der Waals surface area contributed by atoms with E-state index in [-0.39, 0.29) is 23.6 Å². The van der Waals surface area contributed by atoms with E-state index in [1.54, 1.807) is 17.6 Å². The summed E-state index contributed by atoms with van der Waals surface area (Å²) in [5.41, 5.74) is 2.09. The molecule has 4 nitrogen and oxygen atoms in total. The molecule has 0 aliphatic heterocycles. The van der Waals surface area contributed by atoms with Crippen LogP contribution in [0.1, 0.15) is 55.9 Å². The maximum absolute atomic E-state index is 14.0. The molecule has 0 bridgehead atoms. The Balaban J connectivity index is 2.17. The fourth-order valence-electron chi connectivity index (χ4n) is 3.29. The summed E-state index contributed by atoms with van der Waals surface area (Å²) in [6.45, 7) is 4.38. The van der Waals surface area contributed by atoms with Gasteiger partial charge in [0.25, 0.3) is 0 Å². The van der Waals surface area contributed by atoms with Gasteiger partial charge < -0.3 is 9.13 Å². The fourth-order valence-corrected chi connectivity index (χ4v) is 3.29. The van der Waals surface area contributed by atoms with E-state index >= 15 is 0 Å². The first-order valence-corrected chi connectivity index (χ1v) is 8.35. The maximum Gasteiger partial charge on any atom is 0.170 e. The maximum atomic E-state index is 14.0. The molecule has 1 atom stereocenters. The van der Waals surface area contributed by atoms with Crippen molar-refractivity contribution >= 4 is 16.7 Å². The third kappa shape index (κ3) is 2.43. The fraction of sp³-hybridized carbons (Fsp3) is 0.429. The molecule has 1 aliphatic carbocycles. The number of aryl methyl sites for hydroxylation is 4. The van der Waals surface area contributed by atoms with E-state index in [1.165, 1.54) is 19.3 Å². The highest BCUT2D eigenvalue weighted by Gasteiger charge is 2.32. The highest BCUT2D eigenvalue weighted by Crippen LogP contribution is 2.36. The lowest BCUT2D eigenvalue weighted by Crippen LogP contribution is -2.27. The largest absolute Gasteiger partial charge is 0.344 e. The number of hydrogen-bond donors (Lipinski definition) is 0. The average Bonchev–Trinajstić information content (AvgIpc) is 3.27. The van der Waals surface area contributed by atoms with Crippen molar-refractivity contribution in [3.63, 3.8) is 0 Å². The standard InChI is InChI=1S/C21H25N3O/c1-5-24-18-7-6-16(12-23-9-8-22-15(23)4)21(25)20(18)17-10-13(2)14(3)11-19(17)24/h8-11,16H,5-7,12H2,1-4H3/i6D2,7D2,12D2,16D. The van der Waals surface area contributed by atoms with Crippen LogP contribution in [0.15, 0.2) is 24.5 Å². The third-order valence-corrected chi connectivity index (χ3v) is 4.81. The highest BCUT2D eigenvalue weighted by atomic mass is 16.1. The molecule has 4 rings (SSSR count). The van der Waals surface area contributed by atoms with Gasteiger partial charge in [0.05, 0.1) is 2.74 Å². The predicted octanol–water partition coefficient (Wildman–Crippen LogP) is 4.23. The molecule has 4 heteroatoms. The van der Waals surface area contributed by atoms with Crippen LogP contribution in [0.5, 0.6) is 0 Å². The van der Waals surface area contributed by atoms with Crippen LogP contribution in [0.2, 0.25) is 0 Å². The zero-order valence-corrected chi connectivity index (χ0v) is 14.8. The summed E-state index contributed by atoms with van der Waals surface area (Å²) in [7, 11) is 0. The first-order chi connectivity index (χ1) is 14.7. The number of aromatic nitrogens is 3. The molecule has 130 valence electrons. The van der Waals surface area contributed by atoms with Crippen molar-refractivity contribution in [3.8, 4) is 0 Å². The number of Topliss-reactive ketones (excluding diaryl/α,β-unsaturated/α-hetero) is 1. The lowest BCUT2D eigenvalue weighted by Gasteiger charge is -2.23. The highest BCUT2D eigenvalue weighted by molar-refractivity contribution is 6.11. The molecule has 3 aromatic rings. The van der Waals surface area contributed by atoms with Gasteiger partial charge in [-0.15, -0.1) is 0 Å². The molecule has 0 saturated carbocycles. The number of benzene rings is 1. The zero-order chi connectivity index (χ0) is 24.0. The van der Waals surface area contributed by atoms with Gasteiger partial charge in [-0.2, -0.15) is 0 Å². The molecule has 1 aromatic carbocycles. The second-order valence-electron chi connectivity index (χ2n) is 6.33. The van der Waals surface area contributed by atoms with Crippen LogP contribution in [0.3, 0.4) is 0 Å². The Kier molecular flexibility index (Phi) is 2.34. The van der Waals surface area contributed by atoms with E-state index in [2.05, 4.69) is 4.98 Å². The lowest BCUT2D eigenvalue weighted by molar-refractivity contribution is 0.0888. The first-order valence-electron chi connectivity index (χ1n) is 11.8. The van der Waals surface area contributed by atoms with Crippen LogP contribution in [0.25, 0.3) is 10.9 Å². The molecule has 1 unspecified atom stereocenters. The van der Waals surface area contributed by atoms with E-state index in [4.69, 9.17) is 9.60 Å². The van der Waals surface area contributed by atoms with Crippen molar-refractivity contribution in [1.82, 2.24) is 14.1 Å². The van der Waals surface area contributed by atoms with Crippen molar-refractivity contribution in [2.45, 2.75) is 53.5 Å². The van der Waals surface area contributed by atoms with Crippen LogP contribution in [0.4, 0.5) is 0 Å². The SMILES string of the molecule is [2H]C1([2H])c2c(c3cc(C)c(C)cc3n2CC)C(=O)C([2H])(C([2H])([2H])n2ccnc2C)C1([2H])[2H]. The number of carbonyl (C=O) groups excluding carboxylic acids is 1. The molecule has 0 spiro atoms. The van der Waals surface area contributed by atoms with E-state index in [0.717, 1.165) is 15.7 Å². The van der Waals surface area contributed by atoms with E-state index in [9.17, 15) is 4.79 Å². The van der Waals surface area contributed by atoms with Gasteiger partial charge in [0.2, 0.25) is 0 Å². The van der Waals surface area contributed by atoms with Crippen LogP contribution in [-0.4, -0.2) is 19.9 Å². The molecule has 0 amide bonds. The Bertz CT molecular complexity index is 1270. The van der Waals surface area contributed by atoms with Crippen molar-refractivity contribution in [2.24, 2.45) is 5.89 Å². The van der Waals surface area contributed by atoms with Crippen LogP contribution < -0.4 is 0 Å². The molecule has 0 radical (unpaired) electrons. The Morgan fingerprint density at radius 1 is 1.36 bits per heavy atom. The minimum Gasteiger partial charge on any atom is -0.344 e. The first kappa shape index (κ1) is 9.95. The second-order valence-corrected chi connectivity index (χ2v) is 6.33. The minimum absolute atomic E-state index is 0.123. The van der Waals surface area contributed by atoms with Gasteiger partial charge >= 0.3 is 0 Å². The number of carbonyl (C=O) groups is 1. The van der Waals surface area contributed by atoms with Gasteiger partial charge in [-0.25, -0.2) is 4.98 Å². The van der Waals surface area contributed by atoms with E-state index < -0.39 is 30.9 Å². The summed E-state index contributed by atoms with van der Waals surface area (Å²) in [6, 6.07) is 3.56. The molecular weight excluding hydrogens is 310 g/mol. The lowest BCUT2D eigenvalue weighted by atomic mass is 9.84. The average molecular weight is 342 g/mol. The van der Waals surface area contributed by atoms with Gasteiger partial charge in [-0.05, 0) is 63.7 Å². The van der Waals surface area contributed by atoms with E-state index in [0.29, 0.717) is 10.9 Å². The number of nitrogens with zero attached hydrogens (tertiary/aromatic N) is 3. The topological polar surface area (TPSA) is 39.8 Å². The summed E-state index contributed by atoms with van der Waals surface area (Å²) < 4.78 is 64.0. The quantitative estimate of drug-likeness (QED) is 0.714. The van der Waals surface area contributed by atoms with Crippen LogP contribution in [0, 0.1) is 26.7 Å². The molecule has 0 saturated heterocycles. The Labute approximate surface area is 158 Å². The van der Waals surface area contributed by atoms with Gasteiger partial charge in [0, 0.05) is 60.3 Å². The second kappa shape index (κ2) is 5.87. The summed E-state index contributed by atoms with van der Waals surface area (Å²) in [5.74, 6) is -4.04. The summed E-state index contributed by atoms with van der Waals surface area (Å²) in [5, 5.41) is 0.407. The zero-order valence-electron chi connectivity index (χ0n) is 21.8. The van der Waals surface area contributed by atoms with Crippen LogP contribution in [-0.2, 0) is 19.4 Å². The van der Waals surface area contributed by atoms with E-state index in [1.807, 2.05) is 19.9 Å². The summed E-state index contributed by atoms with van der Waals surface area (Å²) in [6.07, 6.45) is -3.48. The Morgan fingerprint density at radius 3 is 2.80 bits per heavy atom. The molecule has 0 N–H and O–H groups in total. The van der Waals surface area contributed by atoms with Crippen molar-refractivity contribution in [2.75, 3.05) is 0 Å². The number of ketones is 1. The van der Waals surface area contributed by atoms with Gasteiger partial charge in [0.1, 0.15) is 5.82 Å². The molecule has 0 fully saturated rings. The number of imidazole rings is 1.